The van der Waals surface area contributed by atoms with Gasteiger partial charge in [0.05, 0.1) is 5.56 Å². The lowest BCUT2D eigenvalue weighted by molar-refractivity contribution is 0.0730. The number of hydrogen-bond acceptors (Lipinski definition) is 3. The topological polar surface area (TPSA) is 52.6 Å². The number of phenolic OH excluding ortho intramolecular Hbond substituents is 1. The number of carbonyl (C=O) groups excluding carboxylic acids is 1. The molecule has 1 atom stereocenters. The fourth-order valence-corrected chi connectivity index (χ4v) is 3.24. The molecule has 114 valence electrons. The van der Waals surface area contributed by atoms with Crippen LogP contribution in [-0.4, -0.2) is 41.6 Å². The molecule has 1 aromatic rings. The molecule has 4 nitrogen and oxygen atoms in total. The third-order valence-corrected chi connectivity index (χ3v) is 4.75. The first-order chi connectivity index (χ1) is 10.1. The molecule has 1 unspecified atom stereocenters. The predicted octanol–water partition coefficient (Wildman–Crippen LogP) is 2.76. The molecule has 1 aliphatic heterocycles. The molecule has 2 fully saturated rings. The summed E-state index contributed by atoms with van der Waals surface area (Å²) in [7, 11) is 0. The number of aromatic hydroxyl groups is 1. The van der Waals surface area contributed by atoms with E-state index < -0.39 is 0 Å². The molecule has 0 bridgehead atoms. The molecular weight excluding hydrogens is 332 g/mol. The Kier molecular flexibility index (Phi) is 4.50. The van der Waals surface area contributed by atoms with E-state index in [2.05, 4.69) is 21.2 Å². The summed E-state index contributed by atoms with van der Waals surface area (Å²) in [6.07, 6.45) is 4.73. The lowest BCUT2D eigenvalue weighted by Gasteiger charge is -2.26. The normalized spacial score (nSPS) is 21.5. The van der Waals surface area contributed by atoms with Gasteiger partial charge in [0, 0.05) is 23.6 Å². The fraction of sp³-hybridized carbons (Fsp3) is 0.562. The van der Waals surface area contributed by atoms with E-state index in [0.717, 1.165) is 30.5 Å². The smallest absolute Gasteiger partial charge is 0.257 e. The summed E-state index contributed by atoms with van der Waals surface area (Å²) >= 11 is 3.37. The van der Waals surface area contributed by atoms with E-state index in [9.17, 15) is 9.90 Å². The number of benzene rings is 1. The van der Waals surface area contributed by atoms with Crippen LogP contribution in [0, 0.1) is 5.92 Å². The van der Waals surface area contributed by atoms with Gasteiger partial charge in [0.2, 0.25) is 0 Å². The van der Waals surface area contributed by atoms with Crippen LogP contribution in [0.1, 0.15) is 36.0 Å². The maximum Gasteiger partial charge on any atom is 0.257 e. The number of amides is 1. The molecule has 1 saturated heterocycles. The van der Waals surface area contributed by atoms with Gasteiger partial charge < -0.3 is 15.3 Å². The van der Waals surface area contributed by atoms with Crippen molar-refractivity contribution >= 4 is 21.8 Å². The van der Waals surface area contributed by atoms with Crippen LogP contribution in [0.25, 0.3) is 0 Å². The van der Waals surface area contributed by atoms with Crippen LogP contribution in [0.4, 0.5) is 0 Å². The first kappa shape index (κ1) is 14.9. The molecule has 1 saturated carbocycles. The van der Waals surface area contributed by atoms with Crippen LogP contribution >= 0.6 is 15.9 Å². The van der Waals surface area contributed by atoms with Gasteiger partial charge in [0.25, 0.3) is 5.91 Å². The van der Waals surface area contributed by atoms with Gasteiger partial charge in [-0.25, -0.2) is 0 Å². The highest BCUT2D eigenvalue weighted by molar-refractivity contribution is 9.10. The number of carbonyl (C=O) groups is 1. The van der Waals surface area contributed by atoms with Crippen LogP contribution in [-0.2, 0) is 0 Å². The third-order valence-electron chi connectivity index (χ3n) is 4.25. The minimum Gasteiger partial charge on any atom is -0.507 e. The maximum absolute atomic E-state index is 12.8. The van der Waals surface area contributed by atoms with Crippen LogP contribution in [0.3, 0.4) is 0 Å². The largest absolute Gasteiger partial charge is 0.507 e. The highest BCUT2D eigenvalue weighted by Crippen LogP contribution is 2.31. The molecule has 2 N–H and O–H groups in total. The minimum atomic E-state index is -0.0607. The second-order valence-corrected chi connectivity index (χ2v) is 7.02. The first-order valence-corrected chi connectivity index (χ1v) is 8.44. The van der Waals surface area contributed by atoms with Gasteiger partial charge in [0.15, 0.2) is 0 Å². The van der Waals surface area contributed by atoms with E-state index in [1.165, 1.54) is 19.3 Å². The van der Waals surface area contributed by atoms with Gasteiger partial charge in [0.1, 0.15) is 5.75 Å². The summed E-state index contributed by atoms with van der Waals surface area (Å²) in [6, 6.07) is 5.41. The third kappa shape index (κ3) is 3.77. The molecular formula is C16H21BrN2O2. The molecule has 5 heteroatoms. The summed E-state index contributed by atoms with van der Waals surface area (Å²) in [4.78, 5) is 14.7. The summed E-state index contributed by atoms with van der Waals surface area (Å²) in [5.41, 5.74) is 0.392. The Morgan fingerprint density at radius 3 is 2.81 bits per heavy atom. The second-order valence-electron chi connectivity index (χ2n) is 6.11. The molecule has 0 aromatic heterocycles. The van der Waals surface area contributed by atoms with Crippen LogP contribution in [0.15, 0.2) is 22.7 Å². The Morgan fingerprint density at radius 1 is 1.33 bits per heavy atom. The zero-order valence-electron chi connectivity index (χ0n) is 12.0. The van der Waals surface area contributed by atoms with Crippen molar-refractivity contribution in [3.63, 3.8) is 0 Å². The maximum atomic E-state index is 12.8. The lowest BCUT2D eigenvalue weighted by atomic mass is 10.1. The standard InChI is InChI=1S/C16H21BrN2O2/c17-12-5-6-15(20)14(8-12)16(21)19(9-11-3-4-11)10-13-2-1-7-18-13/h5-6,8,11,13,18,20H,1-4,7,9-10H2. The number of rotatable bonds is 5. The predicted molar refractivity (Wildman–Crippen MR) is 85.5 cm³/mol. The Labute approximate surface area is 133 Å². The molecule has 1 aromatic carbocycles. The monoisotopic (exact) mass is 352 g/mol. The van der Waals surface area contributed by atoms with Crippen molar-refractivity contribution < 1.29 is 9.90 Å². The fourth-order valence-electron chi connectivity index (χ4n) is 2.88. The van der Waals surface area contributed by atoms with Crippen molar-refractivity contribution in [3.8, 4) is 5.75 Å². The molecule has 21 heavy (non-hydrogen) atoms. The van der Waals surface area contributed by atoms with E-state index in [1.54, 1.807) is 18.2 Å². The van der Waals surface area contributed by atoms with Crippen molar-refractivity contribution in [1.82, 2.24) is 10.2 Å². The highest BCUT2D eigenvalue weighted by atomic mass is 79.9. The molecule has 1 heterocycles. The molecule has 3 rings (SSSR count). The van der Waals surface area contributed by atoms with Crippen molar-refractivity contribution in [2.24, 2.45) is 5.92 Å². The number of nitrogens with zero attached hydrogens (tertiary/aromatic N) is 1. The van der Waals surface area contributed by atoms with Crippen molar-refractivity contribution in [1.29, 1.82) is 0 Å². The molecule has 0 spiro atoms. The van der Waals surface area contributed by atoms with E-state index in [1.807, 2.05) is 4.90 Å². The zero-order chi connectivity index (χ0) is 14.8. The van der Waals surface area contributed by atoms with Crippen LogP contribution in [0.2, 0.25) is 0 Å². The van der Waals surface area contributed by atoms with Crippen LogP contribution in [0.5, 0.6) is 5.75 Å². The average Bonchev–Trinajstić information content (AvgIpc) is 3.13. The van der Waals surface area contributed by atoms with Gasteiger partial charge in [-0.1, -0.05) is 15.9 Å². The Hall–Kier alpha value is -1.07. The van der Waals surface area contributed by atoms with E-state index in [0.29, 0.717) is 17.5 Å². The zero-order valence-corrected chi connectivity index (χ0v) is 13.6. The van der Waals surface area contributed by atoms with Gasteiger partial charge in [-0.15, -0.1) is 0 Å². The SMILES string of the molecule is O=C(c1cc(Br)ccc1O)N(CC1CC1)CC1CCCN1. The number of halogens is 1. The van der Waals surface area contributed by atoms with E-state index in [-0.39, 0.29) is 11.7 Å². The van der Waals surface area contributed by atoms with Crippen LogP contribution < -0.4 is 5.32 Å². The Morgan fingerprint density at radius 2 is 2.14 bits per heavy atom. The number of nitrogens with one attached hydrogen (secondary N) is 1. The summed E-state index contributed by atoms with van der Waals surface area (Å²) in [5.74, 6) is 0.641. The lowest BCUT2D eigenvalue weighted by Crippen LogP contribution is -2.42. The Balaban J connectivity index is 1.76. The molecule has 2 aliphatic rings. The summed E-state index contributed by atoms with van der Waals surface area (Å²) in [5, 5.41) is 13.4. The van der Waals surface area contributed by atoms with Gasteiger partial charge >= 0.3 is 0 Å². The molecule has 1 aliphatic carbocycles. The second kappa shape index (κ2) is 6.36. The number of hydrogen-bond donors (Lipinski definition) is 2. The quantitative estimate of drug-likeness (QED) is 0.856. The summed E-state index contributed by atoms with van der Waals surface area (Å²) < 4.78 is 0.814. The van der Waals surface area contributed by atoms with E-state index >= 15 is 0 Å². The number of phenols is 1. The van der Waals surface area contributed by atoms with Crippen molar-refractivity contribution in [2.45, 2.75) is 31.7 Å². The molecule has 0 radical (unpaired) electrons. The van der Waals surface area contributed by atoms with Gasteiger partial charge in [-0.2, -0.15) is 0 Å². The first-order valence-electron chi connectivity index (χ1n) is 7.64. The average molecular weight is 353 g/mol. The Bertz CT molecular complexity index is 525. The molecule has 1 amide bonds. The minimum absolute atomic E-state index is 0.0587. The van der Waals surface area contributed by atoms with Gasteiger partial charge in [-0.05, 0) is 56.3 Å². The van der Waals surface area contributed by atoms with E-state index in [4.69, 9.17) is 0 Å². The summed E-state index contributed by atoms with van der Waals surface area (Å²) in [6.45, 7) is 2.59. The van der Waals surface area contributed by atoms with Crippen molar-refractivity contribution in [2.75, 3.05) is 19.6 Å². The van der Waals surface area contributed by atoms with Crippen molar-refractivity contribution in [3.05, 3.63) is 28.2 Å². The highest BCUT2D eigenvalue weighted by Gasteiger charge is 2.30. The van der Waals surface area contributed by atoms with Gasteiger partial charge in [-0.3, -0.25) is 4.79 Å².